The standard InChI is InChI=1S/C15H16N2O2S2/c1-11-5-2-3-7-13(11)15(19)17-16-14(18)10-20-9-12-6-4-8-21-12/h2-8H,9-10H2,1H3,(H,16,18)(H,17,19). The number of hydrogen-bond acceptors (Lipinski definition) is 4. The first kappa shape index (κ1) is 15.6. The van der Waals surface area contributed by atoms with Crippen LogP contribution in [0.4, 0.5) is 0 Å². The van der Waals surface area contributed by atoms with Crippen LogP contribution >= 0.6 is 23.1 Å². The van der Waals surface area contributed by atoms with Crippen molar-refractivity contribution in [3.05, 3.63) is 57.8 Å². The molecule has 0 aliphatic heterocycles. The Morgan fingerprint density at radius 1 is 1.14 bits per heavy atom. The molecule has 1 aromatic heterocycles. The van der Waals surface area contributed by atoms with Crippen molar-refractivity contribution < 1.29 is 9.59 Å². The number of aryl methyl sites for hydroxylation is 1. The number of benzene rings is 1. The summed E-state index contributed by atoms with van der Waals surface area (Å²) in [5.41, 5.74) is 6.30. The van der Waals surface area contributed by atoms with Gasteiger partial charge in [0.25, 0.3) is 5.91 Å². The number of hydrazine groups is 1. The van der Waals surface area contributed by atoms with E-state index in [0.717, 1.165) is 11.3 Å². The van der Waals surface area contributed by atoms with Gasteiger partial charge < -0.3 is 0 Å². The SMILES string of the molecule is Cc1ccccc1C(=O)NNC(=O)CSCc1cccs1. The lowest BCUT2D eigenvalue weighted by Gasteiger charge is -2.08. The molecule has 0 radical (unpaired) electrons. The Morgan fingerprint density at radius 2 is 1.95 bits per heavy atom. The first-order chi connectivity index (χ1) is 10.2. The molecule has 0 spiro atoms. The van der Waals surface area contributed by atoms with Crippen molar-refractivity contribution in [1.82, 2.24) is 10.9 Å². The molecule has 0 aliphatic rings. The van der Waals surface area contributed by atoms with E-state index in [0.29, 0.717) is 11.3 Å². The zero-order valence-corrected chi connectivity index (χ0v) is 13.2. The van der Waals surface area contributed by atoms with Crippen LogP contribution in [0.25, 0.3) is 0 Å². The number of amides is 2. The van der Waals surface area contributed by atoms with E-state index in [4.69, 9.17) is 0 Å². The summed E-state index contributed by atoms with van der Waals surface area (Å²) in [6, 6.07) is 11.3. The molecule has 21 heavy (non-hydrogen) atoms. The van der Waals surface area contributed by atoms with E-state index >= 15 is 0 Å². The normalized spacial score (nSPS) is 10.1. The van der Waals surface area contributed by atoms with Crippen LogP contribution in [0.2, 0.25) is 0 Å². The van der Waals surface area contributed by atoms with Crippen molar-refractivity contribution >= 4 is 34.9 Å². The van der Waals surface area contributed by atoms with Crippen LogP contribution in [-0.4, -0.2) is 17.6 Å². The van der Waals surface area contributed by atoms with Gasteiger partial charge in [0.1, 0.15) is 0 Å². The third-order valence-corrected chi connectivity index (χ3v) is 4.80. The van der Waals surface area contributed by atoms with Crippen LogP contribution in [0.15, 0.2) is 41.8 Å². The molecule has 2 N–H and O–H groups in total. The molecule has 0 aliphatic carbocycles. The first-order valence-electron chi connectivity index (χ1n) is 6.42. The van der Waals surface area contributed by atoms with Gasteiger partial charge >= 0.3 is 0 Å². The molecule has 110 valence electrons. The maximum atomic E-state index is 11.9. The number of nitrogens with one attached hydrogen (secondary N) is 2. The van der Waals surface area contributed by atoms with Crippen LogP contribution in [0.1, 0.15) is 20.8 Å². The fourth-order valence-electron chi connectivity index (χ4n) is 1.70. The predicted octanol–water partition coefficient (Wildman–Crippen LogP) is 2.75. The van der Waals surface area contributed by atoms with Crippen LogP contribution in [0.5, 0.6) is 0 Å². The van der Waals surface area contributed by atoms with Crippen molar-refractivity contribution in [2.75, 3.05) is 5.75 Å². The number of thiophene rings is 1. The molecule has 0 saturated carbocycles. The highest BCUT2D eigenvalue weighted by Gasteiger charge is 2.09. The fourth-order valence-corrected chi connectivity index (χ4v) is 3.36. The van der Waals surface area contributed by atoms with Gasteiger partial charge in [-0.15, -0.1) is 23.1 Å². The fraction of sp³-hybridized carbons (Fsp3) is 0.200. The Kier molecular flexibility index (Phi) is 5.83. The lowest BCUT2D eigenvalue weighted by atomic mass is 10.1. The summed E-state index contributed by atoms with van der Waals surface area (Å²) in [6.45, 7) is 1.85. The van der Waals surface area contributed by atoms with Gasteiger partial charge in [-0.25, -0.2) is 0 Å². The van der Waals surface area contributed by atoms with Gasteiger partial charge in [-0.2, -0.15) is 0 Å². The van der Waals surface area contributed by atoms with Crippen LogP contribution in [0, 0.1) is 6.92 Å². The highest BCUT2D eigenvalue weighted by molar-refractivity contribution is 7.99. The molecule has 2 aromatic rings. The summed E-state index contributed by atoms with van der Waals surface area (Å²) >= 11 is 3.19. The summed E-state index contributed by atoms with van der Waals surface area (Å²) in [6.07, 6.45) is 0. The monoisotopic (exact) mass is 320 g/mol. The molecule has 2 amide bonds. The van der Waals surface area contributed by atoms with E-state index < -0.39 is 0 Å². The maximum absolute atomic E-state index is 11.9. The van der Waals surface area contributed by atoms with Gasteiger partial charge in [0.15, 0.2) is 0 Å². The quantitative estimate of drug-likeness (QED) is 0.833. The number of rotatable bonds is 5. The third-order valence-electron chi connectivity index (χ3n) is 2.76. The van der Waals surface area contributed by atoms with E-state index in [1.165, 1.54) is 16.6 Å². The Balaban J connectivity index is 1.71. The molecule has 0 fully saturated rings. The van der Waals surface area contributed by atoms with E-state index in [9.17, 15) is 9.59 Å². The molecule has 0 atom stereocenters. The highest BCUT2D eigenvalue weighted by Crippen LogP contribution is 2.16. The lowest BCUT2D eigenvalue weighted by molar-refractivity contribution is -0.119. The smallest absolute Gasteiger partial charge is 0.269 e. The molecule has 1 aromatic carbocycles. The number of hydrogen-bond donors (Lipinski definition) is 2. The second-order valence-electron chi connectivity index (χ2n) is 4.39. The molecule has 1 heterocycles. The molecule has 2 rings (SSSR count). The number of carbonyl (C=O) groups excluding carboxylic acids is 2. The molecule has 6 heteroatoms. The largest absolute Gasteiger partial charge is 0.272 e. The van der Waals surface area contributed by atoms with Crippen molar-refractivity contribution in [1.29, 1.82) is 0 Å². The summed E-state index contributed by atoms with van der Waals surface area (Å²) < 4.78 is 0. The zero-order valence-electron chi connectivity index (χ0n) is 11.6. The Labute approximate surface area is 131 Å². The summed E-state index contributed by atoms with van der Waals surface area (Å²) in [4.78, 5) is 24.8. The van der Waals surface area contributed by atoms with Crippen molar-refractivity contribution in [3.63, 3.8) is 0 Å². The van der Waals surface area contributed by atoms with Gasteiger partial charge in [0.2, 0.25) is 5.91 Å². The van der Waals surface area contributed by atoms with Crippen LogP contribution in [-0.2, 0) is 10.5 Å². The summed E-state index contributed by atoms with van der Waals surface area (Å²) in [5.74, 6) is 0.603. The molecule has 0 saturated heterocycles. The lowest BCUT2D eigenvalue weighted by Crippen LogP contribution is -2.42. The molecule has 0 unspecified atom stereocenters. The average Bonchev–Trinajstić information content (AvgIpc) is 2.98. The van der Waals surface area contributed by atoms with Gasteiger partial charge in [-0.05, 0) is 30.0 Å². The maximum Gasteiger partial charge on any atom is 0.269 e. The number of carbonyl (C=O) groups is 2. The Hall–Kier alpha value is -1.79. The summed E-state index contributed by atoms with van der Waals surface area (Å²) in [7, 11) is 0. The highest BCUT2D eigenvalue weighted by atomic mass is 32.2. The van der Waals surface area contributed by atoms with Gasteiger partial charge in [0.05, 0.1) is 5.75 Å². The number of thioether (sulfide) groups is 1. The van der Waals surface area contributed by atoms with Gasteiger partial charge in [-0.1, -0.05) is 24.3 Å². The Bertz CT molecular complexity index is 612. The molecular formula is C15H16N2O2S2. The minimum absolute atomic E-state index is 0.210. The van der Waals surface area contributed by atoms with E-state index in [1.54, 1.807) is 23.5 Å². The van der Waals surface area contributed by atoms with E-state index in [2.05, 4.69) is 10.9 Å². The second-order valence-corrected chi connectivity index (χ2v) is 6.41. The molecular weight excluding hydrogens is 304 g/mol. The summed E-state index contributed by atoms with van der Waals surface area (Å²) in [5, 5.41) is 2.01. The van der Waals surface area contributed by atoms with E-state index in [1.807, 2.05) is 36.6 Å². The van der Waals surface area contributed by atoms with Gasteiger partial charge in [0, 0.05) is 16.2 Å². The minimum atomic E-state index is -0.301. The van der Waals surface area contributed by atoms with Crippen LogP contribution < -0.4 is 10.9 Å². The van der Waals surface area contributed by atoms with Gasteiger partial charge in [-0.3, -0.25) is 20.4 Å². The minimum Gasteiger partial charge on any atom is -0.272 e. The zero-order chi connectivity index (χ0) is 15.1. The second kappa shape index (κ2) is 7.85. The van der Waals surface area contributed by atoms with E-state index in [-0.39, 0.29) is 11.8 Å². The van der Waals surface area contributed by atoms with Crippen molar-refractivity contribution in [3.8, 4) is 0 Å². The molecule has 0 bridgehead atoms. The predicted molar refractivity (Wildman–Crippen MR) is 87.3 cm³/mol. The topological polar surface area (TPSA) is 58.2 Å². The molecule has 4 nitrogen and oxygen atoms in total. The Morgan fingerprint density at radius 3 is 2.67 bits per heavy atom. The first-order valence-corrected chi connectivity index (χ1v) is 8.45. The van der Waals surface area contributed by atoms with Crippen molar-refractivity contribution in [2.24, 2.45) is 0 Å². The third kappa shape index (κ3) is 4.91. The van der Waals surface area contributed by atoms with Crippen molar-refractivity contribution in [2.45, 2.75) is 12.7 Å². The van der Waals surface area contributed by atoms with Crippen LogP contribution in [0.3, 0.4) is 0 Å². The average molecular weight is 320 g/mol.